The van der Waals surface area contributed by atoms with Crippen LogP contribution in [0, 0.1) is 0 Å². The molecule has 1 rings (SSSR count). The maximum Gasteiger partial charge on any atom is 0.338 e. The average Bonchev–Trinajstić information content (AvgIpc) is 2.26. The summed E-state index contributed by atoms with van der Waals surface area (Å²) < 4.78 is 10.5. The fourth-order valence-corrected chi connectivity index (χ4v) is 1.29. The summed E-state index contributed by atoms with van der Waals surface area (Å²) >= 11 is 0. The highest BCUT2D eigenvalue weighted by Crippen LogP contribution is 2.23. The van der Waals surface area contributed by atoms with Crippen molar-refractivity contribution in [2.75, 3.05) is 12.3 Å². The van der Waals surface area contributed by atoms with Crippen molar-refractivity contribution in [3.05, 3.63) is 35.9 Å². The fourth-order valence-electron chi connectivity index (χ4n) is 1.29. The van der Waals surface area contributed by atoms with Crippen LogP contribution in [-0.2, 0) is 4.74 Å². The third-order valence-electron chi connectivity index (χ3n) is 2.06. The average molecular weight is 249 g/mol. The first-order valence-corrected chi connectivity index (χ1v) is 5.78. The van der Waals surface area contributed by atoms with E-state index in [1.807, 2.05) is 6.92 Å². The van der Waals surface area contributed by atoms with Crippen LogP contribution in [-0.4, -0.2) is 18.7 Å². The normalized spacial score (nSPS) is 10.2. The number of carbonyl (C=O) groups is 1. The molecule has 0 aliphatic heterocycles. The van der Waals surface area contributed by atoms with Gasteiger partial charge in [-0.25, -0.2) is 4.79 Å². The fraction of sp³-hybridized carbons (Fsp3) is 0.357. The SMILES string of the molecule is C=C(C)COc1ccc(C(=O)OC(C)C)cc1N. The van der Waals surface area contributed by atoms with Crippen LogP contribution >= 0.6 is 0 Å². The van der Waals surface area contributed by atoms with Crippen molar-refractivity contribution in [2.24, 2.45) is 0 Å². The highest BCUT2D eigenvalue weighted by Gasteiger charge is 2.11. The predicted octanol–water partition coefficient (Wildman–Crippen LogP) is 2.79. The van der Waals surface area contributed by atoms with Crippen molar-refractivity contribution in [2.45, 2.75) is 26.9 Å². The van der Waals surface area contributed by atoms with Gasteiger partial charge in [0, 0.05) is 0 Å². The van der Waals surface area contributed by atoms with Crippen LogP contribution in [0.5, 0.6) is 5.75 Å². The van der Waals surface area contributed by atoms with E-state index in [9.17, 15) is 4.79 Å². The maximum atomic E-state index is 11.7. The van der Waals surface area contributed by atoms with E-state index in [0.717, 1.165) is 5.57 Å². The van der Waals surface area contributed by atoms with Gasteiger partial charge in [-0.15, -0.1) is 0 Å². The van der Waals surface area contributed by atoms with Gasteiger partial charge in [-0.05, 0) is 44.5 Å². The second-order valence-corrected chi connectivity index (χ2v) is 4.45. The molecule has 4 nitrogen and oxygen atoms in total. The Morgan fingerprint density at radius 1 is 1.44 bits per heavy atom. The van der Waals surface area contributed by atoms with E-state index in [1.54, 1.807) is 32.0 Å². The van der Waals surface area contributed by atoms with Crippen molar-refractivity contribution in [1.82, 2.24) is 0 Å². The predicted molar refractivity (Wildman–Crippen MR) is 71.7 cm³/mol. The number of benzene rings is 1. The Hall–Kier alpha value is -1.97. The highest BCUT2D eigenvalue weighted by atomic mass is 16.5. The molecule has 0 bridgehead atoms. The largest absolute Gasteiger partial charge is 0.487 e. The summed E-state index contributed by atoms with van der Waals surface area (Å²) in [5, 5.41) is 0. The summed E-state index contributed by atoms with van der Waals surface area (Å²) in [6.45, 7) is 9.60. The van der Waals surface area contributed by atoms with Gasteiger partial charge in [0.05, 0.1) is 17.4 Å². The Balaban J connectivity index is 2.78. The molecule has 98 valence electrons. The van der Waals surface area contributed by atoms with Gasteiger partial charge < -0.3 is 15.2 Å². The Labute approximate surface area is 107 Å². The molecular formula is C14H19NO3. The Morgan fingerprint density at radius 2 is 2.11 bits per heavy atom. The minimum atomic E-state index is -0.386. The molecule has 0 aliphatic rings. The summed E-state index contributed by atoms with van der Waals surface area (Å²) in [6, 6.07) is 4.85. The van der Waals surface area contributed by atoms with Gasteiger partial charge in [-0.2, -0.15) is 0 Å². The summed E-state index contributed by atoms with van der Waals surface area (Å²) in [5.74, 6) is 0.155. The van der Waals surface area contributed by atoms with Crippen LogP contribution in [0.3, 0.4) is 0 Å². The van der Waals surface area contributed by atoms with E-state index in [2.05, 4.69) is 6.58 Å². The first kappa shape index (κ1) is 14.1. The number of anilines is 1. The maximum absolute atomic E-state index is 11.7. The van der Waals surface area contributed by atoms with Crippen molar-refractivity contribution in [3.8, 4) is 5.75 Å². The van der Waals surface area contributed by atoms with Crippen LogP contribution in [0.2, 0.25) is 0 Å². The van der Waals surface area contributed by atoms with E-state index in [-0.39, 0.29) is 12.1 Å². The molecule has 0 aliphatic carbocycles. The van der Waals surface area contributed by atoms with Gasteiger partial charge in [0.2, 0.25) is 0 Å². The number of hydrogen-bond donors (Lipinski definition) is 1. The lowest BCUT2D eigenvalue weighted by Crippen LogP contribution is -2.12. The molecule has 0 heterocycles. The van der Waals surface area contributed by atoms with E-state index in [1.165, 1.54) is 0 Å². The molecule has 1 aromatic rings. The molecule has 0 fully saturated rings. The van der Waals surface area contributed by atoms with Gasteiger partial charge in [0.15, 0.2) is 0 Å². The lowest BCUT2D eigenvalue weighted by atomic mass is 10.2. The number of nitrogens with two attached hydrogens (primary N) is 1. The summed E-state index contributed by atoms with van der Waals surface area (Å²) in [4.78, 5) is 11.7. The minimum absolute atomic E-state index is 0.155. The zero-order valence-electron chi connectivity index (χ0n) is 11.0. The smallest absolute Gasteiger partial charge is 0.338 e. The van der Waals surface area contributed by atoms with Crippen LogP contribution in [0.15, 0.2) is 30.4 Å². The van der Waals surface area contributed by atoms with Crippen LogP contribution in [0.25, 0.3) is 0 Å². The van der Waals surface area contributed by atoms with Crippen molar-refractivity contribution in [3.63, 3.8) is 0 Å². The zero-order chi connectivity index (χ0) is 13.7. The van der Waals surface area contributed by atoms with Crippen LogP contribution in [0.1, 0.15) is 31.1 Å². The molecule has 0 unspecified atom stereocenters. The third-order valence-corrected chi connectivity index (χ3v) is 2.06. The first-order chi connectivity index (χ1) is 8.40. The summed E-state index contributed by atoms with van der Waals surface area (Å²) in [7, 11) is 0. The van der Waals surface area contributed by atoms with Crippen molar-refractivity contribution in [1.29, 1.82) is 0 Å². The molecule has 0 radical (unpaired) electrons. The molecule has 0 amide bonds. The second-order valence-electron chi connectivity index (χ2n) is 4.45. The number of hydrogen-bond acceptors (Lipinski definition) is 4. The third kappa shape index (κ3) is 4.13. The van der Waals surface area contributed by atoms with Crippen LogP contribution in [0.4, 0.5) is 5.69 Å². The first-order valence-electron chi connectivity index (χ1n) is 5.78. The van der Waals surface area contributed by atoms with Crippen molar-refractivity contribution >= 4 is 11.7 Å². The molecule has 0 spiro atoms. The summed E-state index contributed by atoms with van der Waals surface area (Å²) in [6.07, 6.45) is -0.155. The lowest BCUT2D eigenvalue weighted by Gasteiger charge is -2.11. The lowest BCUT2D eigenvalue weighted by molar-refractivity contribution is 0.0378. The number of ether oxygens (including phenoxy) is 2. The molecule has 0 aromatic heterocycles. The summed E-state index contributed by atoms with van der Waals surface area (Å²) in [5.41, 5.74) is 7.55. The number of nitrogen functional groups attached to an aromatic ring is 1. The number of carbonyl (C=O) groups excluding carboxylic acids is 1. The topological polar surface area (TPSA) is 61.5 Å². The van der Waals surface area contributed by atoms with E-state index >= 15 is 0 Å². The van der Waals surface area contributed by atoms with E-state index < -0.39 is 0 Å². The monoisotopic (exact) mass is 249 g/mol. The van der Waals surface area contributed by atoms with Gasteiger partial charge in [-0.3, -0.25) is 0 Å². The Morgan fingerprint density at radius 3 is 2.61 bits per heavy atom. The molecule has 0 saturated carbocycles. The second kappa shape index (κ2) is 6.10. The number of rotatable bonds is 5. The molecule has 4 heteroatoms. The minimum Gasteiger partial charge on any atom is -0.487 e. The molecule has 18 heavy (non-hydrogen) atoms. The Kier molecular flexibility index (Phi) is 4.77. The van der Waals surface area contributed by atoms with Crippen LogP contribution < -0.4 is 10.5 Å². The molecular weight excluding hydrogens is 230 g/mol. The van der Waals surface area contributed by atoms with Gasteiger partial charge in [-0.1, -0.05) is 6.58 Å². The Bertz CT molecular complexity index is 452. The van der Waals surface area contributed by atoms with Gasteiger partial charge in [0.1, 0.15) is 12.4 Å². The highest BCUT2D eigenvalue weighted by molar-refractivity contribution is 5.91. The molecule has 0 atom stereocenters. The molecule has 1 aromatic carbocycles. The standard InChI is InChI=1S/C14H19NO3/c1-9(2)8-17-13-6-5-11(7-12(13)15)14(16)18-10(3)4/h5-7,10H,1,8,15H2,2-4H3. The molecule has 0 saturated heterocycles. The van der Waals surface area contributed by atoms with Crippen molar-refractivity contribution < 1.29 is 14.3 Å². The quantitative estimate of drug-likeness (QED) is 0.495. The number of esters is 1. The zero-order valence-corrected chi connectivity index (χ0v) is 11.0. The molecule has 2 N–H and O–H groups in total. The van der Waals surface area contributed by atoms with Gasteiger partial charge >= 0.3 is 5.97 Å². The van der Waals surface area contributed by atoms with E-state index in [4.69, 9.17) is 15.2 Å². The van der Waals surface area contributed by atoms with Gasteiger partial charge in [0.25, 0.3) is 0 Å². The van der Waals surface area contributed by atoms with E-state index in [0.29, 0.717) is 23.6 Å².